The minimum absolute atomic E-state index is 0.0299. The number of halogens is 1. The summed E-state index contributed by atoms with van der Waals surface area (Å²) in [7, 11) is 0. The van der Waals surface area contributed by atoms with Crippen molar-refractivity contribution in [2.75, 3.05) is 0 Å². The zero-order chi connectivity index (χ0) is 26.5. The summed E-state index contributed by atoms with van der Waals surface area (Å²) in [4.78, 5) is 12.2. The summed E-state index contributed by atoms with van der Waals surface area (Å²) in [5.41, 5.74) is 7.99. The molecule has 0 saturated carbocycles. The largest absolute Gasteiger partial charge is 0.507 e. The van der Waals surface area contributed by atoms with Crippen LogP contribution in [0.1, 0.15) is 34.4 Å². The van der Waals surface area contributed by atoms with Gasteiger partial charge >= 0.3 is 0 Å². The van der Waals surface area contributed by atoms with Gasteiger partial charge in [0.2, 0.25) is 5.91 Å². The van der Waals surface area contributed by atoms with Gasteiger partial charge in [-0.25, -0.2) is 4.68 Å². The number of phenols is 1. The maximum Gasteiger partial charge on any atom is 0.224 e. The van der Waals surface area contributed by atoms with Gasteiger partial charge in [0.15, 0.2) is 0 Å². The first-order chi connectivity index (χ1) is 18.5. The lowest BCUT2D eigenvalue weighted by Crippen LogP contribution is -2.24. The number of nitrogens with zero attached hydrogens (tertiary/aromatic N) is 2. The average molecular weight is 587 g/mol. The van der Waals surface area contributed by atoms with Gasteiger partial charge in [0.25, 0.3) is 0 Å². The number of amides is 1. The fourth-order valence-corrected chi connectivity index (χ4v) is 5.56. The van der Waals surface area contributed by atoms with E-state index in [9.17, 15) is 9.90 Å². The van der Waals surface area contributed by atoms with Crippen molar-refractivity contribution in [3.05, 3.63) is 128 Å². The van der Waals surface area contributed by atoms with E-state index in [0.29, 0.717) is 19.4 Å². The summed E-state index contributed by atoms with van der Waals surface area (Å²) in [6.07, 6.45) is 8.67. The number of aryl methyl sites for hydroxylation is 1. The zero-order valence-corrected chi connectivity index (χ0v) is 23.3. The lowest BCUT2D eigenvalue weighted by molar-refractivity contribution is -0.120. The van der Waals surface area contributed by atoms with Crippen LogP contribution in [0.5, 0.6) is 5.75 Å². The van der Waals surface area contributed by atoms with E-state index in [1.165, 1.54) is 5.56 Å². The van der Waals surface area contributed by atoms with Gasteiger partial charge < -0.3 is 10.4 Å². The van der Waals surface area contributed by atoms with Crippen LogP contribution in [-0.4, -0.2) is 20.8 Å². The molecule has 5 nitrogen and oxygen atoms in total. The van der Waals surface area contributed by atoms with Gasteiger partial charge in [0.1, 0.15) is 5.75 Å². The lowest BCUT2D eigenvalue weighted by atomic mass is 9.98. The van der Waals surface area contributed by atoms with Gasteiger partial charge in [-0.3, -0.25) is 4.79 Å². The summed E-state index contributed by atoms with van der Waals surface area (Å²) in [5.74, 6) is 0.281. The highest BCUT2D eigenvalue weighted by Gasteiger charge is 2.19. The quantitative estimate of drug-likeness (QED) is 0.223. The minimum atomic E-state index is 0.0299. The van der Waals surface area contributed by atoms with E-state index < -0.39 is 0 Å². The standard InChI is InChI=1S/C31H28BrN3O2S/c1-21(6-7-22-8-10-23(11-9-22)18-33-31(37)16-24-14-15-38-20-24)29-17-25(26-4-2-3-5-30(26)36)12-13-28-27(32)19-34-35(28)29/h2-5,8-12,14-15,17,19-20,36H,1,6-7,13,16,18H2,(H,33,37). The Bertz CT molecular complexity index is 1510. The van der Waals surface area contributed by atoms with Gasteiger partial charge in [0, 0.05) is 18.5 Å². The van der Waals surface area contributed by atoms with Gasteiger partial charge in [-0.1, -0.05) is 55.1 Å². The third-order valence-electron chi connectivity index (χ3n) is 6.60. The molecule has 0 spiro atoms. The molecule has 0 unspecified atom stereocenters. The number of carbonyl (C=O) groups excluding carboxylic acids is 1. The highest BCUT2D eigenvalue weighted by Crippen LogP contribution is 2.34. The Kier molecular flexibility index (Phi) is 8.05. The number of aromatic nitrogens is 2. The molecular formula is C31H28BrN3O2S. The Morgan fingerprint density at radius 2 is 1.89 bits per heavy atom. The summed E-state index contributed by atoms with van der Waals surface area (Å²) < 4.78 is 2.89. The Balaban J connectivity index is 1.24. The number of phenolic OH excluding ortho intramolecular Hbond substituents is 1. The van der Waals surface area contributed by atoms with Gasteiger partial charge in [-0.05, 0) is 85.6 Å². The molecule has 0 bridgehead atoms. The number of fused-ring (bicyclic) bond motifs is 1. The molecule has 0 aliphatic carbocycles. The Labute approximate surface area is 235 Å². The maximum atomic E-state index is 12.2. The topological polar surface area (TPSA) is 67.2 Å². The van der Waals surface area contributed by atoms with E-state index in [-0.39, 0.29) is 11.7 Å². The van der Waals surface area contributed by atoms with Gasteiger partial charge in [-0.15, -0.1) is 0 Å². The molecule has 38 heavy (non-hydrogen) atoms. The third kappa shape index (κ3) is 6.06. The van der Waals surface area contributed by atoms with Crippen LogP contribution in [-0.2, 0) is 30.6 Å². The lowest BCUT2D eigenvalue weighted by Gasteiger charge is -2.14. The van der Waals surface area contributed by atoms with Crippen molar-refractivity contribution in [1.29, 1.82) is 0 Å². The predicted octanol–water partition coefficient (Wildman–Crippen LogP) is 6.94. The van der Waals surface area contributed by atoms with Gasteiger partial charge in [-0.2, -0.15) is 16.4 Å². The molecular weight excluding hydrogens is 558 g/mol. The van der Waals surface area contributed by atoms with E-state index in [1.54, 1.807) is 17.4 Å². The van der Waals surface area contributed by atoms with Crippen LogP contribution >= 0.6 is 27.3 Å². The molecule has 1 amide bonds. The number of aromatic hydroxyl groups is 1. The van der Waals surface area contributed by atoms with Crippen molar-refractivity contribution in [1.82, 2.24) is 15.1 Å². The Morgan fingerprint density at radius 1 is 1.11 bits per heavy atom. The number of para-hydroxylation sites is 1. The summed E-state index contributed by atoms with van der Waals surface area (Å²) >= 11 is 5.23. The second kappa shape index (κ2) is 11.8. The number of hydrogen-bond donors (Lipinski definition) is 2. The van der Waals surface area contributed by atoms with Gasteiger partial charge in [0.05, 0.1) is 28.5 Å². The molecule has 5 rings (SSSR count). The molecule has 0 fully saturated rings. The number of rotatable bonds is 9. The number of benzene rings is 2. The number of thiophene rings is 1. The second-order valence-corrected chi connectivity index (χ2v) is 10.9. The highest BCUT2D eigenvalue weighted by atomic mass is 79.9. The maximum absolute atomic E-state index is 12.2. The highest BCUT2D eigenvalue weighted by molar-refractivity contribution is 9.10. The Hall–Kier alpha value is -3.68. The van der Waals surface area contributed by atoms with Crippen LogP contribution in [0.2, 0.25) is 0 Å². The molecule has 1 aliphatic heterocycles. The number of nitrogens with one attached hydrogen (secondary N) is 1. The molecule has 0 atom stereocenters. The summed E-state index contributed by atoms with van der Waals surface area (Å²) in [6.45, 7) is 4.92. The van der Waals surface area contributed by atoms with Crippen LogP contribution in [0, 0.1) is 0 Å². The van der Waals surface area contributed by atoms with E-state index in [1.807, 2.05) is 45.9 Å². The van der Waals surface area contributed by atoms with E-state index in [2.05, 4.69) is 69.3 Å². The van der Waals surface area contributed by atoms with Crippen molar-refractivity contribution >= 4 is 44.4 Å². The zero-order valence-electron chi connectivity index (χ0n) is 20.9. The average Bonchev–Trinajstić information content (AvgIpc) is 3.52. The normalized spacial score (nSPS) is 12.8. The third-order valence-corrected chi connectivity index (χ3v) is 8.00. The van der Waals surface area contributed by atoms with Crippen LogP contribution < -0.4 is 5.32 Å². The summed E-state index contributed by atoms with van der Waals surface area (Å²) in [5, 5.41) is 22.0. The molecule has 0 saturated heterocycles. The molecule has 4 aromatic rings. The monoisotopic (exact) mass is 585 g/mol. The van der Waals surface area contributed by atoms with Crippen LogP contribution in [0.3, 0.4) is 0 Å². The number of carbonyl (C=O) groups is 1. The van der Waals surface area contributed by atoms with Crippen molar-refractivity contribution < 1.29 is 9.90 Å². The number of allylic oxidation sites excluding steroid dienone is 5. The van der Waals surface area contributed by atoms with E-state index >= 15 is 0 Å². The van der Waals surface area contributed by atoms with Crippen molar-refractivity contribution in [3.63, 3.8) is 0 Å². The van der Waals surface area contributed by atoms with Crippen LogP contribution in [0.15, 0.2) is 100 Å². The molecule has 192 valence electrons. The fraction of sp³-hybridized carbons (Fsp3) is 0.161. The van der Waals surface area contributed by atoms with Crippen molar-refractivity contribution in [2.45, 2.75) is 32.2 Å². The molecule has 7 heteroatoms. The smallest absolute Gasteiger partial charge is 0.224 e. The Morgan fingerprint density at radius 3 is 2.66 bits per heavy atom. The van der Waals surface area contributed by atoms with E-state index in [4.69, 9.17) is 0 Å². The minimum Gasteiger partial charge on any atom is -0.507 e. The van der Waals surface area contributed by atoms with E-state index in [0.717, 1.165) is 56.5 Å². The summed E-state index contributed by atoms with van der Waals surface area (Å²) in [6, 6.07) is 17.7. The molecule has 2 N–H and O–H groups in total. The molecule has 2 aromatic carbocycles. The van der Waals surface area contributed by atoms with Crippen LogP contribution in [0.25, 0.3) is 11.3 Å². The number of hydrogen-bond acceptors (Lipinski definition) is 4. The fourth-order valence-electron chi connectivity index (χ4n) is 4.47. The molecule has 2 aromatic heterocycles. The first kappa shape index (κ1) is 25.9. The predicted molar refractivity (Wildman–Crippen MR) is 158 cm³/mol. The van der Waals surface area contributed by atoms with Crippen molar-refractivity contribution in [3.8, 4) is 5.75 Å². The molecule has 0 radical (unpaired) electrons. The SMILES string of the molecule is C=C(CCc1ccc(CNC(=O)Cc2ccsc2)cc1)C1=CC(c2ccccc2O)=CCc2c(Br)cnn21. The molecule has 1 aliphatic rings. The molecule has 3 heterocycles. The van der Waals surface area contributed by atoms with Crippen LogP contribution in [0.4, 0.5) is 0 Å². The van der Waals surface area contributed by atoms with Crippen molar-refractivity contribution in [2.24, 2.45) is 0 Å². The first-order valence-corrected chi connectivity index (χ1v) is 14.2. The second-order valence-electron chi connectivity index (χ2n) is 9.27. The first-order valence-electron chi connectivity index (χ1n) is 12.4.